The maximum absolute atomic E-state index is 5.87. The van der Waals surface area contributed by atoms with E-state index in [-0.39, 0.29) is 11.8 Å². The molecule has 5 nitrogen and oxygen atoms in total. The van der Waals surface area contributed by atoms with Gasteiger partial charge in [-0.3, -0.25) is 0 Å². The molecule has 0 aromatic carbocycles. The van der Waals surface area contributed by atoms with Gasteiger partial charge in [-0.05, 0) is 6.42 Å². The van der Waals surface area contributed by atoms with E-state index < -0.39 is 8.80 Å². The molecule has 0 bridgehead atoms. The van der Waals surface area contributed by atoms with Crippen molar-refractivity contribution < 1.29 is 22.8 Å². The summed E-state index contributed by atoms with van der Waals surface area (Å²) in [5, 5.41) is 0. The highest BCUT2D eigenvalue weighted by Crippen LogP contribution is 2.22. The van der Waals surface area contributed by atoms with E-state index in [2.05, 4.69) is 6.92 Å². The Morgan fingerprint density at radius 2 is 1.82 bits per heavy atom. The molecular weight excluding hydrogens is 240 g/mol. The van der Waals surface area contributed by atoms with Crippen LogP contribution >= 0.6 is 0 Å². The minimum absolute atomic E-state index is 0.105. The summed E-state index contributed by atoms with van der Waals surface area (Å²) in [6.07, 6.45) is 3.32. The van der Waals surface area contributed by atoms with Crippen molar-refractivity contribution in [1.29, 1.82) is 0 Å². The third kappa shape index (κ3) is 4.31. The summed E-state index contributed by atoms with van der Waals surface area (Å²) in [6, 6.07) is 0. The molecular formula is C11H24O5Si. The van der Waals surface area contributed by atoms with Crippen LogP contribution < -0.4 is 0 Å². The fourth-order valence-corrected chi connectivity index (χ4v) is 3.93. The van der Waals surface area contributed by atoms with Gasteiger partial charge in [0.05, 0.1) is 13.2 Å². The molecule has 0 spiro atoms. The van der Waals surface area contributed by atoms with Crippen molar-refractivity contribution in [3.8, 4) is 0 Å². The predicted octanol–water partition coefficient (Wildman–Crippen LogP) is 1.38. The van der Waals surface area contributed by atoms with E-state index in [4.69, 9.17) is 22.8 Å². The molecule has 6 heteroatoms. The quantitative estimate of drug-likeness (QED) is 0.441. The van der Waals surface area contributed by atoms with Crippen LogP contribution in [0.4, 0.5) is 0 Å². The summed E-state index contributed by atoms with van der Waals surface area (Å²) in [5.74, 6) is 0. The zero-order valence-corrected chi connectivity index (χ0v) is 12.2. The van der Waals surface area contributed by atoms with E-state index >= 15 is 0 Å². The molecule has 1 aliphatic heterocycles. The van der Waals surface area contributed by atoms with Crippen molar-refractivity contribution >= 4 is 8.80 Å². The van der Waals surface area contributed by atoms with E-state index in [9.17, 15) is 0 Å². The van der Waals surface area contributed by atoms with Gasteiger partial charge in [0.1, 0.15) is 11.8 Å². The molecule has 17 heavy (non-hydrogen) atoms. The van der Waals surface area contributed by atoms with Crippen molar-refractivity contribution in [2.45, 2.75) is 38.0 Å². The van der Waals surface area contributed by atoms with Gasteiger partial charge in [-0.25, -0.2) is 0 Å². The van der Waals surface area contributed by atoms with Gasteiger partial charge in [0.25, 0.3) is 0 Å². The molecule has 0 aromatic heterocycles. The van der Waals surface area contributed by atoms with Crippen LogP contribution in [0, 0.1) is 0 Å². The number of unbranched alkanes of at least 4 members (excludes halogenated alkanes) is 1. The lowest BCUT2D eigenvalue weighted by atomic mass is 10.3. The van der Waals surface area contributed by atoms with Gasteiger partial charge in [0.15, 0.2) is 0 Å². The average Bonchev–Trinajstić information content (AvgIpc) is 3.18. The lowest BCUT2D eigenvalue weighted by Crippen LogP contribution is -2.55. The molecule has 1 saturated heterocycles. The molecule has 1 aliphatic rings. The lowest BCUT2D eigenvalue weighted by molar-refractivity contribution is 0.00363. The highest BCUT2D eigenvalue weighted by atomic mass is 28.4. The topological polar surface area (TPSA) is 49.5 Å². The third-order valence-corrected chi connectivity index (χ3v) is 5.90. The number of hydrogen-bond acceptors (Lipinski definition) is 5. The smallest absolute Gasteiger partial charge is 0.375 e. The number of hydrogen-bond donors (Lipinski definition) is 0. The monoisotopic (exact) mass is 264 g/mol. The van der Waals surface area contributed by atoms with E-state index in [1.807, 2.05) is 0 Å². The zero-order chi connectivity index (χ0) is 12.7. The predicted molar refractivity (Wildman–Crippen MR) is 65.8 cm³/mol. The SMILES string of the molecule is CCCCC(OCC1CO1)[Si](OC)(OC)OC. The Labute approximate surface area is 105 Å². The van der Waals surface area contributed by atoms with E-state index in [1.165, 1.54) is 0 Å². The third-order valence-electron chi connectivity index (χ3n) is 2.95. The van der Waals surface area contributed by atoms with Crippen LogP contribution in [0.5, 0.6) is 0 Å². The molecule has 1 heterocycles. The molecule has 0 saturated carbocycles. The first-order valence-corrected chi connectivity index (χ1v) is 7.91. The van der Waals surface area contributed by atoms with Crippen LogP contribution in [0.3, 0.4) is 0 Å². The first-order chi connectivity index (χ1) is 8.22. The van der Waals surface area contributed by atoms with Crippen LogP contribution in [-0.2, 0) is 22.8 Å². The number of ether oxygens (including phenoxy) is 2. The molecule has 0 N–H and O–H groups in total. The van der Waals surface area contributed by atoms with Crippen LogP contribution in [0.25, 0.3) is 0 Å². The first kappa shape index (κ1) is 15.1. The Hall–Kier alpha value is 0.0169. The molecule has 2 unspecified atom stereocenters. The second-order valence-electron chi connectivity index (χ2n) is 4.14. The Kier molecular flexibility index (Phi) is 6.61. The Morgan fingerprint density at radius 3 is 2.24 bits per heavy atom. The average molecular weight is 264 g/mol. The van der Waals surface area contributed by atoms with Crippen molar-refractivity contribution in [1.82, 2.24) is 0 Å². The summed E-state index contributed by atoms with van der Waals surface area (Å²) < 4.78 is 27.4. The van der Waals surface area contributed by atoms with Crippen molar-refractivity contribution in [2.24, 2.45) is 0 Å². The normalized spacial score (nSPS) is 21.5. The van der Waals surface area contributed by atoms with E-state index in [0.29, 0.717) is 6.61 Å². The minimum Gasteiger partial charge on any atom is -0.375 e. The lowest BCUT2D eigenvalue weighted by Gasteiger charge is -2.32. The van der Waals surface area contributed by atoms with Gasteiger partial charge in [0.2, 0.25) is 0 Å². The molecule has 0 aliphatic carbocycles. The zero-order valence-electron chi connectivity index (χ0n) is 11.2. The van der Waals surface area contributed by atoms with Crippen LogP contribution in [0.1, 0.15) is 26.2 Å². The molecule has 0 amide bonds. The standard InChI is InChI=1S/C11H24O5Si/c1-5-6-7-11(16-9-10-8-15-10)17(12-2,13-3)14-4/h10-11H,5-9H2,1-4H3. The maximum Gasteiger partial charge on any atom is 0.530 e. The van der Waals surface area contributed by atoms with Gasteiger partial charge >= 0.3 is 8.80 Å². The Bertz CT molecular complexity index is 198. The van der Waals surface area contributed by atoms with Gasteiger partial charge < -0.3 is 22.8 Å². The Balaban J connectivity index is 2.55. The molecule has 0 aromatic rings. The van der Waals surface area contributed by atoms with Crippen LogP contribution in [0.2, 0.25) is 0 Å². The van der Waals surface area contributed by atoms with E-state index in [1.54, 1.807) is 21.3 Å². The van der Waals surface area contributed by atoms with Gasteiger partial charge in [-0.15, -0.1) is 0 Å². The summed E-state index contributed by atoms with van der Waals surface area (Å²) in [4.78, 5) is 0. The number of epoxide rings is 1. The Morgan fingerprint density at radius 1 is 1.24 bits per heavy atom. The number of rotatable bonds is 10. The molecule has 0 radical (unpaired) electrons. The van der Waals surface area contributed by atoms with Gasteiger partial charge in [-0.1, -0.05) is 19.8 Å². The summed E-state index contributed by atoms with van der Waals surface area (Å²) in [7, 11) is 2.16. The van der Waals surface area contributed by atoms with Crippen molar-refractivity contribution in [2.75, 3.05) is 34.5 Å². The van der Waals surface area contributed by atoms with Gasteiger partial charge in [0, 0.05) is 21.3 Å². The van der Waals surface area contributed by atoms with Crippen LogP contribution in [-0.4, -0.2) is 55.2 Å². The summed E-state index contributed by atoms with van der Waals surface area (Å²) in [6.45, 7) is 3.54. The van der Waals surface area contributed by atoms with Crippen molar-refractivity contribution in [3.63, 3.8) is 0 Å². The fourth-order valence-electron chi connectivity index (χ4n) is 1.78. The highest BCUT2D eigenvalue weighted by molar-refractivity contribution is 6.62. The second kappa shape index (κ2) is 7.45. The molecule has 2 atom stereocenters. The van der Waals surface area contributed by atoms with Crippen molar-refractivity contribution in [3.05, 3.63) is 0 Å². The second-order valence-corrected chi connectivity index (χ2v) is 7.21. The highest BCUT2D eigenvalue weighted by Gasteiger charge is 2.48. The summed E-state index contributed by atoms with van der Waals surface area (Å²) >= 11 is 0. The van der Waals surface area contributed by atoms with E-state index in [0.717, 1.165) is 25.9 Å². The maximum atomic E-state index is 5.87. The first-order valence-electron chi connectivity index (χ1n) is 6.11. The minimum atomic E-state index is -2.70. The molecule has 102 valence electrons. The summed E-state index contributed by atoms with van der Waals surface area (Å²) in [5.41, 5.74) is -0.105. The van der Waals surface area contributed by atoms with Gasteiger partial charge in [-0.2, -0.15) is 0 Å². The molecule has 1 fully saturated rings. The van der Waals surface area contributed by atoms with Crippen LogP contribution in [0.15, 0.2) is 0 Å². The largest absolute Gasteiger partial charge is 0.530 e. The molecule has 1 rings (SSSR count). The fraction of sp³-hybridized carbons (Fsp3) is 1.00.